The van der Waals surface area contributed by atoms with Gasteiger partial charge in [0.05, 0.1) is 12.8 Å². The maximum atomic E-state index is 12.7. The molecule has 3 nitrogen and oxygen atoms in total. The number of carbonyl (C=O) groups excluding carboxylic acids is 1. The summed E-state index contributed by atoms with van der Waals surface area (Å²) in [6, 6.07) is 11.0. The third-order valence-electron chi connectivity index (χ3n) is 3.29. The highest BCUT2D eigenvalue weighted by molar-refractivity contribution is 9.10. The molecule has 0 radical (unpaired) electrons. The minimum absolute atomic E-state index is 0.0336. The van der Waals surface area contributed by atoms with E-state index in [1.165, 1.54) is 0 Å². The average molecular weight is 362 g/mol. The van der Waals surface area contributed by atoms with Crippen molar-refractivity contribution in [2.45, 2.75) is 0 Å². The van der Waals surface area contributed by atoms with E-state index in [0.717, 1.165) is 14.6 Å². The maximum absolute atomic E-state index is 12.7. The van der Waals surface area contributed by atoms with Gasteiger partial charge in [-0.3, -0.25) is 4.79 Å². The second kappa shape index (κ2) is 5.50. The first-order valence-electron chi connectivity index (χ1n) is 6.25. The molecule has 21 heavy (non-hydrogen) atoms. The maximum Gasteiger partial charge on any atom is 0.194 e. The van der Waals surface area contributed by atoms with Gasteiger partial charge < -0.3 is 10.5 Å². The van der Waals surface area contributed by atoms with Gasteiger partial charge in [-0.2, -0.15) is 0 Å². The Morgan fingerprint density at radius 3 is 2.81 bits per heavy atom. The van der Waals surface area contributed by atoms with Gasteiger partial charge in [0.15, 0.2) is 5.78 Å². The van der Waals surface area contributed by atoms with E-state index in [0.29, 0.717) is 22.6 Å². The Balaban J connectivity index is 2.08. The Bertz CT molecular complexity index is 841. The van der Waals surface area contributed by atoms with Gasteiger partial charge in [0.1, 0.15) is 5.75 Å². The number of ketones is 1. The second-order valence-corrected chi connectivity index (χ2v) is 6.29. The van der Waals surface area contributed by atoms with E-state index in [2.05, 4.69) is 15.9 Å². The summed E-state index contributed by atoms with van der Waals surface area (Å²) in [5.41, 5.74) is 7.60. The summed E-state index contributed by atoms with van der Waals surface area (Å²) in [5, 5.41) is 2.84. The van der Waals surface area contributed by atoms with Crippen molar-refractivity contribution in [2.75, 3.05) is 12.8 Å². The third-order valence-corrected chi connectivity index (χ3v) is 5.24. The highest BCUT2D eigenvalue weighted by Crippen LogP contribution is 2.34. The number of nitrogen functional groups attached to an aromatic ring is 1. The van der Waals surface area contributed by atoms with Gasteiger partial charge in [0.25, 0.3) is 0 Å². The van der Waals surface area contributed by atoms with E-state index in [9.17, 15) is 4.79 Å². The average Bonchev–Trinajstić information content (AvgIpc) is 2.92. The Morgan fingerprint density at radius 1 is 1.29 bits per heavy atom. The van der Waals surface area contributed by atoms with Crippen molar-refractivity contribution in [1.29, 1.82) is 0 Å². The lowest BCUT2D eigenvalue weighted by Gasteiger charge is -2.06. The van der Waals surface area contributed by atoms with Gasteiger partial charge >= 0.3 is 0 Å². The molecule has 0 saturated heterocycles. The van der Waals surface area contributed by atoms with Crippen molar-refractivity contribution in [3.8, 4) is 5.75 Å². The van der Waals surface area contributed by atoms with Crippen molar-refractivity contribution < 1.29 is 9.53 Å². The number of methoxy groups -OCH3 is 1. The fourth-order valence-electron chi connectivity index (χ4n) is 2.23. The first-order valence-corrected chi connectivity index (χ1v) is 7.93. The number of ether oxygens (including phenoxy) is 1. The van der Waals surface area contributed by atoms with Crippen molar-refractivity contribution in [1.82, 2.24) is 0 Å². The number of fused-ring (bicyclic) bond motifs is 1. The van der Waals surface area contributed by atoms with Crippen LogP contribution in [0.25, 0.3) is 10.1 Å². The summed E-state index contributed by atoms with van der Waals surface area (Å²) in [4.78, 5) is 12.7. The van der Waals surface area contributed by atoms with Crippen LogP contribution in [0.2, 0.25) is 0 Å². The van der Waals surface area contributed by atoms with Crippen LogP contribution >= 0.6 is 27.3 Å². The van der Waals surface area contributed by atoms with E-state index < -0.39 is 0 Å². The molecule has 0 amide bonds. The number of thiophene rings is 1. The Morgan fingerprint density at radius 2 is 2.10 bits per heavy atom. The van der Waals surface area contributed by atoms with E-state index in [4.69, 9.17) is 10.5 Å². The highest BCUT2D eigenvalue weighted by Gasteiger charge is 2.16. The van der Waals surface area contributed by atoms with Gasteiger partial charge in [-0.1, -0.05) is 12.1 Å². The lowest BCUT2D eigenvalue weighted by Crippen LogP contribution is -2.02. The molecule has 0 aliphatic rings. The summed E-state index contributed by atoms with van der Waals surface area (Å²) >= 11 is 5.06. The molecule has 0 atom stereocenters. The molecule has 5 heteroatoms. The number of hydrogen-bond donors (Lipinski definition) is 1. The SMILES string of the molecule is COc1ccc(C(=O)c2csc3c(Br)cccc23)cc1N. The van der Waals surface area contributed by atoms with E-state index >= 15 is 0 Å². The van der Waals surface area contributed by atoms with Crippen LogP contribution in [0.1, 0.15) is 15.9 Å². The summed E-state index contributed by atoms with van der Waals surface area (Å²) in [7, 11) is 1.55. The Hall–Kier alpha value is -1.85. The van der Waals surface area contributed by atoms with Crippen LogP contribution in [-0.4, -0.2) is 12.9 Å². The zero-order valence-corrected chi connectivity index (χ0v) is 13.6. The largest absolute Gasteiger partial charge is 0.495 e. The fraction of sp³-hybridized carbons (Fsp3) is 0.0625. The predicted octanol–water partition coefficient (Wildman–Crippen LogP) is 4.49. The van der Waals surface area contributed by atoms with Crippen molar-refractivity contribution in [3.63, 3.8) is 0 Å². The molecule has 3 aromatic rings. The Labute approximate surface area is 134 Å². The lowest BCUT2D eigenvalue weighted by atomic mass is 10.0. The first kappa shape index (κ1) is 14.1. The van der Waals surface area contributed by atoms with Crippen LogP contribution in [0.3, 0.4) is 0 Å². The molecule has 2 aromatic carbocycles. The highest BCUT2D eigenvalue weighted by atomic mass is 79.9. The van der Waals surface area contributed by atoms with Crippen molar-refractivity contribution >= 4 is 48.8 Å². The molecule has 3 rings (SSSR count). The molecule has 0 aliphatic carbocycles. The zero-order chi connectivity index (χ0) is 15.0. The molecule has 0 bridgehead atoms. The summed E-state index contributed by atoms with van der Waals surface area (Å²) < 4.78 is 7.19. The van der Waals surface area contributed by atoms with Crippen molar-refractivity contribution in [2.24, 2.45) is 0 Å². The number of halogens is 1. The number of carbonyl (C=O) groups is 1. The number of nitrogens with two attached hydrogens (primary N) is 1. The first-order chi connectivity index (χ1) is 10.1. The molecule has 1 aromatic heterocycles. The van der Waals surface area contributed by atoms with Gasteiger partial charge in [-0.15, -0.1) is 11.3 Å². The van der Waals surface area contributed by atoms with E-state index in [-0.39, 0.29) is 5.78 Å². The minimum Gasteiger partial charge on any atom is -0.495 e. The van der Waals surface area contributed by atoms with Crippen LogP contribution < -0.4 is 10.5 Å². The summed E-state index contributed by atoms with van der Waals surface area (Å²) in [6.07, 6.45) is 0. The Kier molecular flexibility index (Phi) is 3.69. The van der Waals surface area contributed by atoms with Gasteiger partial charge in [0.2, 0.25) is 0 Å². The van der Waals surface area contributed by atoms with Crippen LogP contribution in [0.5, 0.6) is 5.75 Å². The van der Waals surface area contributed by atoms with Gasteiger partial charge in [0, 0.05) is 31.1 Å². The standard InChI is InChI=1S/C16H12BrNO2S/c1-20-14-6-5-9(7-13(14)18)15(19)11-8-21-16-10(11)3-2-4-12(16)17/h2-8H,18H2,1H3. The molecule has 0 aliphatic heterocycles. The molecule has 0 unspecified atom stereocenters. The van der Waals surface area contributed by atoms with Crippen LogP contribution in [0.15, 0.2) is 46.3 Å². The zero-order valence-electron chi connectivity index (χ0n) is 11.2. The quantitative estimate of drug-likeness (QED) is 0.552. The van der Waals surface area contributed by atoms with Crippen molar-refractivity contribution in [3.05, 3.63) is 57.4 Å². The van der Waals surface area contributed by atoms with Gasteiger partial charge in [-0.25, -0.2) is 0 Å². The third kappa shape index (κ3) is 2.43. The summed E-state index contributed by atoms with van der Waals surface area (Å²) in [5.74, 6) is 0.540. The molecular formula is C16H12BrNO2S. The molecule has 106 valence electrons. The molecular weight excluding hydrogens is 350 g/mol. The molecule has 2 N–H and O–H groups in total. The smallest absolute Gasteiger partial charge is 0.194 e. The van der Waals surface area contributed by atoms with Crippen LogP contribution in [0, 0.1) is 0 Å². The lowest BCUT2D eigenvalue weighted by molar-refractivity contribution is 0.104. The fourth-order valence-corrected chi connectivity index (χ4v) is 3.83. The molecule has 0 saturated carbocycles. The molecule has 0 spiro atoms. The monoisotopic (exact) mass is 361 g/mol. The van der Waals surface area contributed by atoms with E-state index in [1.54, 1.807) is 36.6 Å². The second-order valence-electron chi connectivity index (χ2n) is 4.55. The number of rotatable bonds is 3. The van der Waals surface area contributed by atoms with Crippen LogP contribution in [-0.2, 0) is 0 Å². The topological polar surface area (TPSA) is 52.3 Å². The number of anilines is 1. The number of hydrogen-bond acceptors (Lipinski definition) is 4. The predicted molar refractivity (Wildman–Crippen MR) is 90.4 cm³/mol. The van der Waals surface area contributed by atoms with Gasteiger partial charge in [-0.05, 0) is 40.2 Å². The molecule has 0 fully saturated rings. The van der Waals surface area contributed by atoms with E-state index in [1.807, 2.05) is 23.6 Å². The minimum atomic E-state index is -0.0336. The normalized spacial score (nSPS) is 10.8. The molecule has 1 heterocycles. The number of benzene rings is 2. The van der Waals surface area contributed by atoms with Crippen LogP contribution in [0.4, 0.5) is 5.69 Å². The summed E-state index contributed by atoms with van der Waals surface area (Å²) in [6.45, 7) is 0.